The van der Waals surface area contributed by atoms with Crippen molar-refractivity contribution in [3.8, 4) is 0 Å². The van der Waals surface area contributed by atoms with Crippen LogP contribution in [-0.2, 0) is 0 Å². The van der Waals surface area contributed by atoms with Crippen molar-refractivity contribution in [2.24, 2.45) is 0 Å². The number of nitro benzene ring substituents is 1. The molecule has 2 aromatic carbocycles. The van der Waals surface area contributed by atoms with Crippen LogP contribution in [0.2, 0.25) is 5.02 Å². The van der Waals surface area contributed by atoms with Crippen LogP contribution in [0.3, 0.4) is 0 Å². The van der Waals surface area contributed by atoms with E-state index in [9.17, 15) is 19.3 Å². The van der Waals surface area contributed by atoms with E-state index in [2.05, 4.69) is 10.6 Å². The third kappa shape index (κ3) is 3.90. The standard InChI is InChI=1S/C13H9ClFN3O3/c14-11-5-4-10(18(20)21)7-12(11)17-13(19)16-9-3-1-2-8(15)6-9/h1-7H,(H2,16,17,19). The third-order valence-corrected chi connectivity index (χ3v) is 2.82. The van der Waals surface area contributed by atoms with Crippen molar-refractivity contribution in [1.82, 2.24) is 0 Å². The predicted octanol–water partition coefficient (Wildman–Crippen LogP) is 4.03. The van der Waals surface area contributed by atoms with Crippen LogP contribution in [0.4, 0.5) is 26.2 Å². The Morgan fingerprint density at radius 1 is 1.19 bits per heavy atom. The highest BCUT2D eigenvalue weighted by Gasteiger charge is 2.12. The van der Waals surface area contributed by atoms with E-state index in [1.165, 1.54) is 30.3 Å². The Morgan fingerprint density at radius 3 is 2.62 bits per heavy atom. The van der Waals surface area contributed by atoms with Crippen LogP contribution in [-0.4, -0.2) is 11.0 Å². The second kappa shape index (κ2) is 6.19. The Kier molecular flexibility index (Phi) is 4.34. The Morgan fingerprint density at radius 2 is 1.95 bits per heavy atom. The highest BCUT2D eigenvalue weighted by Crippen LogP contribution is 2.26. The summed E-state index contributed by atoms with van der Waals surface area (Å²) in [6.07, 6.45) is 0. The summed E-state index contributed by atoms with van der Waals surface area (Å²) in [7, 11) is 0. The lowest BCUT2D eigenvalue weighted by Crippen LogP contribution is -2.19. The first-order chi connectivity index (χ1) is 9.95. The van der Waals surface area contributed by atoms with E-state index >= 15 is 0 Å². The molecule has 0 fully saturated rings. The molecule has 2 aromatic rings. The summed E-state index contributed by atoms with van der Waals surface area (Å²) < 4.78 is 13.0. The molecule has 0 heterocycles. The van der Waals surface area contributed by atoms with Gasteiger partial charge >= 0.3 is 6.03 Å². The summed E-state index contributed by atoms with van der Waals surface area (Å²) in [5, 5.41) is 15.6. The van der Waals surface area contributed by atoms with Gasteiger partial charge in [-0.25, -0.2) is 9.18 Å². The highest BCUT2D eigenvalue weighted by atomic mass is 35.5. The zero-order valence-corrected chi connectivity index (χ0v) is 11.2. The molecule has 0 aliphatic heterocycles. The Hall–Kier alpha value is -2.67. The van der Waals surface area contributed by atoms with Crippen LogP contribution < -0.4 is 10.6 Å². The Balaban J connectivity index is 2.12. The number of amides is 2. The maximum absolute atomic E-state index is 13.0. The summed E-state index contributed by atoms with van der Waals surface area (Å²) >= 11 is 5.85. The van der Waals surface area contributed by atoms with Crippen molar-refractivity contribution in [2.75, 3.05) is 10.6 Å². The van der Waals surface area contributed by atoms with Crippen LogP contribution in [0.1, 0.15) is 0 Å². The second-order valence-electron chi connectivity index (χ2n) is 4.01. The molecular weight excluding hydrogens is 301 g/mol. The van der Waals surface area contributed by atoms with Gasteiger partial charge in [-0.05, 0) is 24.3 Å². The summed E-state index contributed by atoms with van der Waals surface area (Å²) in [6.45, 7) is 0. The van der Waals surface area contributed by atoms with Crippen molar-refractivity contribution in [1.29, 1.82) is 0 Å². The number of halogens is 2. The fourth-order valence-corrected chi connectivity index (χ4v) is 1.74. The average Bonchev–Trinajstić information content (AvgIpc) is 2.41. The number of hydrogen-bond acceptors (Lipinski definition) is 3. The number of urea groups is 1. The zero-order valence-electron chi connectivity index (χ0n) is 10.5. The first kappa shape index (κ1) is 14.7. The van der Waals surface area contributed by atoms with Crippen LogP contribution >= 0.6 is 11.6 Å². The van der Waals surface area contributed by atoms with Crippen LogP contribution in [0.15, 0.2) is 42.5 Å². The van der Waals surface area contributed by atoms with Crippen molar-refractivity contribution in [2.45, 2.75) is 0 Å². The van der Waals surface area contributed by atoms with Gasteiger partial charge in [-0.2, -0.15) is 0 Å². The van der Waals surface area contributed by atoms with E-state index in [4.69, 9.17) is 11.6 Å². The normalized spacial score (nSPS) is 10.0. The maximum atomic E-state index is 13.0. The van der Waals surface area contributed by atoms with Gasteiger partial charge in [-0.15, -0.1) is 0 Å². The van der Waals surface area contributed by atoms with E-state index in [0.29, 0.717) is 0 Å². The minimum absolute atomic E-state index is 0.0831. The summed E-state index contributed by atoms with van der Waals surface area (Å²) in [5.41, 5.74) is 0.120. The molecule has 2 N–H and O–H groups in total. The van der Waals surface area contributed by atoms with E-state index < -0.39 is 16.8 Å². The molecule has 0 bridgehead atoms. The summed E-state index contributed by atoms with van der Waals surface area (Å²) in [4.78, 5) is 21.8. The first-order valence-electron chi connectivity index (χ1n) is 5.73. The number of nitrogens with one attached hydrogen (secondary N) is 2. The lowest BCUT2D eigenvalue weighted by molar-refractivity contribution is -0.384. The maximum Gasteiger partial charge on any atom is 0.323 e. The van der Waals surface area contributed by atoms with E-state index in [1.54, 1.807) is 0 Å². The Labute approximate surface area is 123 Å². The van der Waals surface area contributed by atoms with Gasteiger partial charge < -0.3 is 10.6 Å². The summed E-state index contributed by atoms with van der Waals surface area (Å²) in [6, 6.07) is 8.27. The molecule has 6 nitrogen and oxygen atoms in total. The van der Waals surface area contributed by atoms with Crippen LogP contribution in [0.25, 0.3) is 0 Å². The SMILES string of the molecule is O=C(Nc1cccc(F)c1)Nc1cc([N+](=O)[O-])ccc1Cl. The van der Waals surface area contributed by atoms with Gasteiger partial charge in [0.2, 0.25) is 0 Å². The Bertz CT molecular complexity index is 709. The minimum atomic E-state index is -0.692. The molecule has 0 radical (unpaired) electrons. The number of rotatable bonds is 3. The molecule has 0 unspecified atom stereocenters. The molecule has 21 heavy (non-hydrogen) atoms. The van der Waals surface area contributed by atoms with Crippen LogP contribution in [0, 0.1) is 15.9 Å². The molecule has 2 rings (SSSR count). The molecule has 0 saturated carbocycles. The van der Waals surface area contributed by atoms with Gasteiger partial charge in [0.25, 0.3) is 5.69 Å². The number of nitrogens with zero attached hydrogens (tertiary/aromatic N) is 1. The van der Waals surface area contributed by atoms with Crippen molar-refractivity contribution >= 4 is 34.7 Å². The lowest BCUT2D eigenvalue weighted by atomic mass is 10.3. The van der Waals surface area contributed by atoms with Gasteiger partial charge in [0.05, 0.1) is 15.6 Å². The number of anilines is 2. The number of hydrogen-bond donors (Lipinski definition) is 2. The fourth-order valence-electron chi connectivity index (χ4n) is 1.57. The fraction of sp³-hybridized carbons (Fsp3) is 0. The number of benzene rings is 2. The second-order valence-corrected chi connectivity index (χ2v) is 4.42. The smallest absolute Gasteiger partial charge is 0.308 e. The average molecular weight is 310 g/mol. The topological polar surface area (TPSA) is 84.3 Å². The molecule has 0 aromatic heterocycles. The molecule has 108 valence electrons. The van der Waals surface area contributed by atoms with E-state index in [-0.39, 0.29) is 22.1 Å². The van der Waals surface area contributed by atoms with Crippen molar-refractivity contribution in [3.05, 3.63) is 63.4 Å². The third-order valence-electron chi connectivity index (χ3n) is 2.49. The van der Waals surface area contributed by atoms with Crippen molar-refractivity contribution < 1.29 is 14.1 Å². The monoisotopic (exact) mass is 309 g/mol. The number of nitro groups is 1. The molecule has 8 heteroatoms. The van der Waals surface area contributed by atoms with Crippen molar-refractivity contribution in [3.63, 3.8) is 0 Å². The van der Waals surface area contributed by atoms with E-state index in [0.717, 1.165) is 12.1 Å². The minimum Gasteiger partial charge on any atom is -0.308 e. The molecule has 0 aliphatic carbocycles. The predicted molar refractivity (Wildman–Crippen MR) is 77.1 cm³/mol. The van der Waals surface area contributed by atoms with E-state index in [1.807, 2.05) is 0 Å². The van der Waals surface area contributed by atoms with Gasteiger partial charge in [-0.3, -0.25) is 10.1 Å². The molecule has 2 amide bonds. The molecular formula is C13H9ClFN3O3. The number of non-ortho nitro benzene ring substituents is 1. The van der Waals surface area contributed by atoms with Crippen LogP contribution in [0.5, 0.6) is 0 Å². The largest absolute Gasteiger partial charge is 0.323 e. The van der Waals surface area contributed by atoms with Gasteiger partial charge in [0.1, 0.15) is 5.82 Å². The molecule has 0 aliphatic rings. The molecule has 0 spiro atoms. The van der Waals surface area contributed by atoms with Gasteiger partial charge in [0.15, 0.2) is 0 Å². The number of carbonyl (C=O) groups is 1. The first-order valence-corrected chi connectivity index (χ1v) is 6.11. The number of carbonyl (C=O) groups excluding carboxylic acids is 1. The molecule has 0 atom stereocenters. The van der Waals surface area contributed by atoms with Gasteiger partial charge in [-0.1, -0.05) is 17.7 Å². The van der Waals surface area contributed by atoms with Gasteiger partial charge in [0, 0.05) is 17.8 Å². The quantitative estimate of drug-likeness (QED) is 0.663. The summed E-state index contributed by atoms with van der Waals surface area (Å²) in [5.74, 6) is -0.499. The highest BCUT2D eigenvalue weighted by molar-refractivity contribution is 6.33. The lowest BCUT2D eigenvalue weighted by Gasteiger charge is -2.09. The zero-order chi connectivity index (χ0) is 15.4. The molecule has 0 saturated heterocycles.